The van der Waals surface area contributed by atoms with Crippen LogP contribution in [0, 0.1) is 13.8 Å². The third-order valence-corrected chi connectivity index (χ3v) is 3.19. The summed E-state index contributed by atoms with van der Waals surface area (Å²) < 4.78 is 6.20. The Morgan fingerprint density at radius 3 is 2.38 bits per heavy atom. The molecule has 4 heteroatoms. The van der Waals surface area contributed by atoms with E-state index in [0.29, 0.717) is 5.76 Å². The second-order valence-electron chi connectivity index (χ2n) is 3.02. The molecule has 0 spiro atoms. The fraction of sp³-hybridized carbons (Fsp3) is 0.444. The van der Waals surface area contributed by atoms with Crippen molar-refractivity contribution < 1.29 is 14.3 Å². The summed E-state index contributed by atoms with van der Waals surface area (Å²) in [5.41, 5.74) is 0.868. The summed E-state index contributed by atoms with van der Waals surface area (Å²) in [6.07, 6.45) is 0. The van der Waals surface area contributed by atoms with Crippen molar-refractivity contribution in [2.75, 3.05) is 0 Å². The number of aryl methyl sites for hydroxylation is 1. The molecule has 1 rings (SSSR count). The lowest BCUT2D eigenvalue weighted by atomic mass is 10.1. The first-order valence-electron chi connectivity index (χ1n) is 3.93. The lowest BCUT2D eigenvalue weighted by molar-refractivity contribution is -0.138. The van der Waals surface area contributed by atoms with Gasteiger partial charge < -0.3 is 9.52 Å². The van der Waals surface area contributed by atoms with Gasteiger partial charge in [-0.25, -0.2) is 0 Å². The summed E-state index contributed by atoms with van der Waals surface area (Å²) in [4.78, 5) is 10.7. The zero-order valence-corrected chi connectivity index (χ0v) is 9.31. The van der Waals surface area contributed by atoms with Gasteiger partial charge in [-0.1, -0.05) is 0 Å². The van der Waals surface area contributed by atoms with E-state index in [9.17, 15) is 4.79 Å². The summed E-state index contributed by atoms with van der Waals surface area (Å²) in [7, 11) is 0. The third kappa shape index (κ3) is 1.77. The molecular formula is C9H11BrO3. The number of hydrogen-bond donors (Lipinski definition) is 1. The Balaban J connectivity index is 3.15. The molecule has 3 nitrogen and oxygen atoms in total. The lowest BCUT2D eigenvalue weighted by Crippen LogP contribution is -2.07. The number of carboxylic acids is 1. The van der Waals surface area contributed by atoms with Gasteiger partial charge in [-0.05, 0) is 36.7 Å². The second kappa shape index (κ2) is 3.54. The molecule has 0 aliphatic carbocycles. The standard InChI is InChI=1S/C9H11BrO3/c1-4-7(10)6(3)13-8(4)5(2)9(11)12/h5H,1-3H3,(H,11,12). The fourth-order valence-corrected chi connectivity index (χ4v) is 1.46. The number of furan rings is 1. The van der Waals surface area contributed by atoms with Gasteiger partial charge in [0.05, 0.1) is 4.47 Å². The summed E-state index contributed by atoms with van der Waals surface area (Å²) in [5, 5.41) is 8.78. The molecule has 0 aliphatic heterocycles. The van der Waals surface area contributed by atoms with E-state index in [1.807, 2.05) is 6.92 Å². The van der Waals surface area contributed by atoms with E-state index in [1.165, 1.54) is 0 Å². The molecule has 1 atom stereocenters. The average Bonchev–Trinajstić information content (AvgIpc) is 2.31. The van der Waals surface area contributed by atoms with E-state index in [1.54, 1.807) is 13.8 Å². The zero-order valence-electron chi connectivity index (χ0n) is 7.72. The molecule has 1 aromatic rings. The topological polar surface area (TPSA) is 50.4 Å². The van der Waals surface area contributed by atoms with E-state index in [4.69, 9.17) is 9.52 Å². The molecule has 0 radical (unpaired) electrons. The van der Waals surface area contributed by atoms with Gasteiger partial charge in [0.1, 0.15) is 17.4 Å². The van der Waals surface area contributed by atoms with Crippen molar-refractivity contribution in [3.63, 3.8) is 0 Å². The number of hydrogen-bond acceptors (Lipinski definition) is 2. The van der Waals surface area contributed by atoms with E-state index in [2.05, 4.69) is 15.9 Å². The summed E-state index contributed by atoms with van der Waals surface area (Å²) in [6.45, 7) is 5.25. The quantitative estimate of drug-likeness (QED) is 0.874. The number of aliphatic carboxylic acids is 1. The molecule has 0 saturated heterocycles. The highest BCUT2D eigenvalue weighted by atomic mass is 79.9. The Kier molecular flexibility index (Phi) is 2.81. The molecule has 1 unspecified atom stereocenters. The predicted molar refractivity (Wildman–Crippen MR) is 51.9 cm³/mol. The molecule has 0 saturated carbocycles. The molecule has 1 heterocycles. The minimum absolute atomic E-state index is 0.525. The Bertz CT molecular complexity index is 341. The molecule has 72 valence electrons. The molecule has 0 bridgehead atoms. The number of carbonyl (C=O) groups is 1. The average molecular weight is 247 g/mol. The van der Waals surface area contributed by atoms with Crippen molar-refractivity contribution >= 4 is 21.9 Å². The summed E-state index contributed by atoms with van der Waals surface area (Å²) >= 11 is 3.33. The Hall–Kier alpha value is -0.770. The number of rotatable bonds is 2. The van der Waals surface area contributed by atoms with Crippen LogP contribution < -0.4 is 0 Å². The second-order valence-corrected chi connectivity index (χ2v) is 3.81. The van der Waals surface area contributed by atoms with Crippen molar-refractivity contribution in [1.82, 2.24) is 0 Å². The summed E-state index contributed by atoms with van der Waals surface area (Å²) in [6, 6.07) is 0. The molecular weight excluding hydrogens is 236 g/mol. The van der Waals surface area contributed by atoms with Gasteiger partial charge in [-0.15, -0.1) is 0 Å². The van der Waals surface area contributed by atoms with Crippen LogP contribution in [0.25, 0.3) is 0 Å². The molecule has 13 heavy (non-hydrogen) atoms. The minimum atomic E-state index is -0.871. The molecule has 0 amide bonds. The first kappa shape index (κ1) is 10.3. The lowest BCUT2D eigenvalue weighted by Gasteiger charge is -2.02. The number of carboxylic acid groups (broad SMARTS) is 1. The van der Waals surface area contributed by atoms with E-state index in [-0.39, 0.29) is 0 Å². The maximum atomic E-state index is 10.7. The highest BCUT2D eigenvalue weighted by molar-refractivity contribution is 9.10. The van der Waals surface area contributed by atoms with Crippen molar-refractivity contribution in [2.24, 2.45) is 0 Å². The smallest absolute Gasteiger partial charge is 0.313 e. The van der Waals surface area contributed by atoms with Crippen LogP contribution in [-0.2, 0) is 4.79 Å². The number of halogens is 1. The minimum Gasteiger partial charge on any atom is -0.481 e. The van der Waals surface area contributed by atoms with Gasteiger partial charge in [0, 0.05) is 5.56 Å². The van der Waals surface area contributed by atoms with Crippen molar-refractivity contribution in [2.45, 2.75) is 26.7 Å². The van der Waals surface area contributed by atoms with Crippen LogP contribution in [0.4, 0.5) is 0 Å². The maximum Gasteiger partial charge on any atom is 0.313 e. The van der Waals surface area contributed by atoms with Crippen LogP contribution in [0.3, 0.4) is 0 Å². The first-order chi connectivity index (χ1) is 5.95. The van der Waals surface area contributed by atoms with Gasteiger partial charge in [0.25, 0.3) is 0 Å². The van der Waals surface area contributed by atoms with Gasteiger partial charge in [-0.3, -0.25) is 4.79 Å². The Morgan fingerprint density at radius 1 is 1.54 bits per heavy atom. The maximum absolute atomic E-state index is 10.7. The molecule has 1 aromatic heterocycles. The largest absolute Gasteiger partial charge is 0.481 e. The van der Waals surface area contributed by atoms with E-state index in [0.717, 1.165) is 15.8 Å². The molecule has 1 N–H and O–H groups in total. The van der Waals surface area contributed by atoms with Gasteiger partial charge in [0.2, 0.25) is 0 Å². The molecule has 0 aliphatic rings. The van der Waals surface area contributed by atoms with Gasteiger partial charge in [-0.2, -0.15) is 0 Å². The van der Waals surface area contributed by atoms with Crippen molar-refractivity contribution in [3.8, 4) is 0 Å². The van der Waals surface area contributed by atoms with E-state index < -0.39 is 11.9 Å². The van der Waals surface area contributed by atoms with Crippen LogP contribution in [0.15, 0.2) is 8.89 Å². The normalized spacial score (nSPS) is 12.9. The van der Waals surface area contributed by atoms with Crippen LogP contribution in [-0.4, -0.2) is 11.1 Å². The summed E-state index contributed by atoms with van der Waals surface area (Å²) in [5.74, 6) is -0.216. The third-order valence-electron chi connectivity index (χ3n) is 2.03. The predicted octanol–water partition coefficient (Wildman–Crippen LogP) is 2.85. The molecule has 0 fully saturated rings. The first-order valence-corrected chi connectivity index (χ1v) is 4.72. The van der Waals surface area contributed by atoms with E-state index >= 15 is 0 Å². The van der Waals surface area contributed by atoms with Crippen molar-refractivity contribution in [3.05, 3.63) is 21.6 Å². The van der Waals surface area contributed by atoms with Crippen molar-refractivity contribution in [1.29, 1.82) is 0 Å². The van der Waals surface area contributed by atoms with Crippen LogP contribution >= 0.6 is 15.9 Å². The molecule has 0 aromatic carbocycles. The SMILES string of the molecule is Cc1oc(C(C)C(=O)O)c(C)c1Br. The Labute approximate surface area is 84.9 Å². The van der Waals surface area contributed by atoms with Crippen LogP contribution in [0.1, 0.15) is 29.9 Å². The van der Waals surface area contributed by atoms with Gasteiger partial charge >= 0.3 is 5.97 Å². The monoisotopic (exact) mass is 246 g/mol. The van der Waals surface area contributed by atoms with Crippen LogP contribution in [0.5, 0.6) is 0 Å². The highest BCUT2D eigenvalue weighted by Gasteiger charge is 2.22. The Morgan fingerprint density at radius 2 is 2.08 bits per heavy atom. The van der Waals surface area contributed by atoms with Crippen LogP contribution in [0.2, 0.25) is 0 Å². The van der Waals surface area contributed by atoms with Gasteiger partial charge in [0.15, 0.2) is 0 Å². The zero-order chi connectivity index (χ0) is 10.2. The highest BCUT2D eigenvalue weighted by Crippen LogP contribution is 2.31. The fourth-order valence-electron chi connectivity index (χ4n) is 1.18.